The molecule has 0 aromatic rings. The average Bonchev–Trinajstić information content (AvgIpc) is 2.14. The Labute approximate surface area is 86.0 Å². The second-order valence-corrected chi connectivity index (χ2v) is 4.73. The number of carbonyl (C=O) groups excluding carboxylic acids is 1. The van der Waals surface area contributed by atoms with Gasteiger partial charge in [-0.15, -0.1) is 0 Å². The third-order valence-electron chi connectivity index (χ3n) is 3.20. The van der Waals surface area contributed by atoms with Crippen LogP contribution >= 0.6 is 0 Å². The predicted molar refractivity (Wildman–Crippen MR) is 55.7 cm³/mol. The maximum atomic E-state index is 11.3. The standard InChI is InChI=1S/C11H21NO2/c1-7-4-8(2)6-9(5-7)10(12)11(13)14-3/h7-10H,4-6,12H2,1-3H3. The topological polar surface area (TPSA) is 52.3 Å². The van der Waals surface area contributed by atoms with E-state index in [1.807, 2.05) is 0 Å². The number of methoxy groups -OCH3 is 1. The van der Waals surface area contributed by atoms with E-state index in [4.69, 9.17) is 5.73 Å². The van der Waals surface area contributed by atoms with Gasteiger partial charge in [-0.1, -0.05) is 13.8 Å². The molecule has 3 nitrogen and oxygen atoms in total. The Morgan fingerprint density at radius 3 is 2.21 bits per heavy atom. The first-order valence-corrected chi connectivity index (χ1v) is 5.38. The van der Waals surface area contributed by atoms with Crippen LogP contribution in [0.4, 0.5) is 0 Å². The van der Waals surface area contributed by atoms with Gasteiger partial charge < -0.3 is 10.5 Å². The van der Waals surface area contributed by atoms with Crippen molar-refractivity contribution >= 4 is 5.97 Å². The summed E-state index contributed by atoms with van der Waals surface area (Å²) in [6.45, 7) is 4.46. The quantitative estimate of drug-likeness (QED) is 0.687. The fourth-order valence-corrected chi connectivity index (χ4v) is 2.63. The Morgan fingerprint density at radius 1 is 1.29 bits per heavy atom. The molecule has 0 spiro atoms. The lowest BCUT2D eigenvalue weighted by atomic mass is 9.74. The minimum absolute atomic E-state index is 0.267. The van der Waals surface area contributed by atoms with Gasteiger partial charge in [0.25, 0.3) is 0 Å². The van der Waals surface area contributed by atoms with Crippen molar-refractivity contribution in [2.75, 3.05) is 7.11 Å². The van der Waals surface area contributed by atoms with Crippen molar-refractivity contribution in [1.82, 2.24) is 0 Å². The summed E-state index contributed by atoms with van der Waals surface area (Å²) < 4.78 is 4.67. The molecule has 14 heavy (non-hydrogen) atoms. The first kappa shape index (κ1) is 11.5. The highest BCUT2D eigenvalue weighted by atomic mass is 16.5. The van der Waals surface area contributed by atoms with E-state index >= 15 is 0 Å². The van der Waals surface area contributed by atoms with Crippen LogP contribution in [0, 0.1) is 17.8 Å². The molecule has 0 aliphatic heterocycles. The second-order valence-electron chi connectivity index (χ2n) is 4.73. The highest BCUT2D eigenvalue weighted by molar-refractivity contribution is 5.75. The lowest BCUT2D eigenvalue weighted by molar-refractivity contribution is -0.144. The molecule has 0 radical (unpaired) electrons. The molecule has 82 valence electrons. The van der Waals surface area contributed by atoms with Gasteiger partial charge in [-0.3, -0.25) is 4.79 Å². The van der Waals surface area contributed by atoms with Gasteiger partial charge in [0.2, 0.25) is 0 Å². The summed E-state index contributed by atoms with van der Waals surface area (Å²) in [5.41, 5.74) is 5.85. The lowest BCUT2D eigenvalue weighted by Gasteiger charge is -2.33. The fourth-order valence-electron chi connectivity index (χ4n) is 2.63. The van der Waals surface area contributed by atoms with E-state index in [2.05, 4.69) is 18.6 Å². The van der Waals surface area contributed by atoms with Crippen LogP contribution in [0.1, 0.15) is 33.1 Å². The van der Waals surface area contributed by atoms with Gasteiger partial charge in [0.15, 0.2) is 0 Å². The highest BCUT2D eigenvalue weighted by Crippen LogP contribution is 2.34. The number of hydrogen-bond donors (Lipinski definition) is 1. The summed E-state index contributed by atoms with van der Waals surface area (Å²) in [5.74, 6) is 1.40. The third kappa shape index (κ3) is 2.71. The Bertz CT molecular complexity index is 195. The van der Waals surface area contributed by atoms with E-state index in [1.54, 1.807) is 0 Å². The first-order chi connectivity index (χ1) is 6.54. The Balaban J connectivity index is 2.54. The molecule has 0 heterocycles. The minimum atomic E-state index is -0.426. The number of hydrogen-bond acceptors (Lipinski definition) is 3. The minimum Gasteiger partial charge on any atom is -0.468 e. The summed E-state index contributed by atoms with van der Waals surface area (Å²) in [6, 6.07) is -0.426. The normalized spacial score (nSPS) is 35.0. The van der Waals surface area contributed by atoms with Crippen molar-refractivity contribution in [1.29, 1.82) is 0 Å². The van der Waals surface area contributed by atoms with E-state index in [9.17, 15) is 4.79 Å². The maximum Gasteiger partial charge on any atom is 0.322 e. The molecule has 0 bridgehead atoms. The average molecular weight is 199 g/mol. The van der Waals surface area contributed by atoms with E-state index in [0.29, 0.717) is 17.8 Å². The molecule has 0 aromatic carbocycles. The molecule has 1 saturated carbocycles. The molecule has 1 aliphatic rings. The van der Waals surface area contributed by atoms with Gasteiger partial charge in [0.1, 0.15) is 6.04 Å². The van der Waals surface area contributed by atoms with Crippen LogP contribution < -0.4 is 5.73 Å². The van der Waals surface area contributed by atoms with E-state index in [1.165, 1.54) is 13.5 Å². The molecular weight excluding hydrogens is 178 g/mol. The number of carbonyl (C=O) groups is 1. The van der Waals surface area contributed by atoms with Crippen LogP contribution in [0.3, 0.4) is 0 Å². The van der Waals surface area contributed by atoms with Crippen LogP contribution in [0.5, 0.6) is 0 Å². The van der Waals surface area contributed by atoms with Gasteiger partial charge >= 0.3 is 5.97 Å². The molecule has 0 saturated heterocycles. The van der Waals surface area contributed by atoms with Crippen molar-refractivity contribution in [2.24, 2.45) is 23.5 Å². The Hall–Kier alpha value is -0.570. The molecule has 1 aliphatic carbocycles. The van der Waals surface area contributed by atoms with Crippen LogP contribution in [-0.4, -0.2) is 19.1 Å². The molecule has 2 N–H and O–H groups in total. The molecule has 0 aromatic heterocycles. The number of ether oxygens (including phenoxy) is 1. The molecule has 0 amide bonds. The van der Waals surface area contributed by atoms with Crippen molar-refractivity contribution in [3.63, 3.8) is 0 Å². The smallest absolute Gasteiger partial charge is 0.322 e. The largest absolute Gasteiger partial charge is 0.468 e. The van der Waals surface area contributed by atoms with Crippen LogP contribution in [0.15, 0.2) is 0 Å². The van der Waals surface area contributed by atoms with Crippen LogP contribution in [-0.2, 0) is 9.53 Å². The third-order valence-corrected chi connectivity index (χ3v) is 3.20. The lowest BCUT2D eigenvalue weighted by Crippen LogP contribution is -2.42. The van der Waals surface area contributed by atoms with E-state index in [0.717, 1.165) is 12.8 Å². The maximum absolute atomic E-state index is 11.3. The SMILES string of the molecule is COC(=O)C(N)C1CC(C)CC(C)C1. The van der Waals surface area contributed by atoms with Crippen molar-refractivity contribution < 1.29 is 9.53 Å². The summed E-state index contributed by atoms with van der Waals surface area (Å²) >= 11 is 0. The summed E-state index contributed by atoms with van der Waals surface area (Å²) in [5, 5.41) is 0. The number of esters is 1. The number of rotatable bonds is 2. The van der Waals surface area contributed by atoms with Gasteiger partial charge in [0.05, 0.1) is 7.11 Å². The zero-order chi connectivity index (χ0) is 10.7. The Kier molecular flexibility index (Phi) is 3.93. The van der Waals surface area contributed by atoms with Crippen molar-refractivity contribution in [3.8, 4) is 0 Å². The molecule has 1 rings (SSSR count). The van der Waals surface area contributed by atoms with Crippen molar-refractivity contribution in [2.45, 2.75) is 39.2 Å². The fraction of sp³-hybridized carbons (Fsp3) is 0.909. The summed E-state index contributed by atoms with van der Waals surface area (Å²) in [7, 11) is 1.40. The van der Waals surface area contributed by atoms with Gasteiger partial charge in [-0.25, -0.2) is 0 Å². The van der Waals surface area contributed by atoms with Crippen LogP contribution in [0.2, 0.25) is 0 Å². The molecule has 3 atom stereocenters. The van der Waals surface area contributed by atoms with Crippen molar-refractivity contribution in [3.05, 3.63) is 0 Å². The molecule has 3 heteroatoms. The van der Waals surface area contributed by atoms with Gasteiger partial charge in [-0.2, -0.15) is 0 Å². The zero-order valence-corrected chi connectivity index (χ0v) is 9.32. The summed E-state index contributed by atoms with van der Waals surface area (Å²) in [6.07, 6.45) is 3.37. The predicted octanol–water partition coefficient (Wildman–Crippen LogP) is 1.56. The van der Waals surface area contributed by atoms with Crippen LogP contribution in [0.25, 0.3) is 0 Å². The second kappa shape index (κ2) is 4.78. The summed E-state index contributed by atoms with van der Waals surface area (Å²) in [4.78, 5) is 11.3. The molecule has 3 unspecified atom stereocenters. The molecule has 1 fully saturated rings. The Morgan fingerprint density at radius 2 is 1.79 bits per heavy atom. The highest BCUT2D eigenvalue weighted by Gasteiger charge is 2.32. The van der Waals surface area contributed by atoms with Gasteiger partial charge in [0, 0.05) is 0 Å². The zero-order valence-electron chi connectivity index (χ0n) is 9.32. The van der Waals surface area contributed by atoms with E-state index < -0.39 is 6.04 Å². The van der Waals surface area contributed by atoms with E-state index in [-0.39, 0.29) is 5.97 Å². The first-order valence-electron chi connectivity index (χ1n) is 5.38. The number of nitrogens with two attached hydrogens (primary N) is 1. The monoisotopic (exact) mass is 199 g/mol. The molecular formula is C11H21NO2. The van der Waals surface area contributed by atoms with Gasteiger partial charge in [-0.05, 0) is 37.0 Å².